The number of rotatable bonds is 4. The Balaban J connectivity index is 1.63. The third-order valence-corrected chi connectivity index (χ3v) is 4.51. The Labute approximate surface area is 122 Å². The maximum Gasteiger partial charge on any atom is 0.0592 e. The SMILES string of the molecule is CCC1CC(Nc2cccc(N3CCCC3)c2)CCO1. The molecule has 2 fully saturated rings. The molecule has 0 amide bonds. The van der Waals surface area contributed by atoms with Gasteiger partial charge >= 0.3 is 0 Å². The van der Waals surface area contributed by atoms with E-state index in [1.807, 2.05) is 0 Å². The lowest BCUT2D eigenvalue weighted by molar-refractivity contribution is 0.00926. The van der Waals surface area contributed by atoms with Gasteiger partial charge in [0.05, 0.1) is 6.10 Å². The Hall–Kier alpha value is -1.22. The molecule has 0 radical (unpaired) electrons. The van der Waals surface area contributed by atoms with Crippen LogP contribution < -0.4 is 10.2 Å². The predicted octanol–water partition coefficient (Wildman–Crippen LogP) is 3.66. The molecule has 3 heteroatoms. The summed E-state index contributed by atoms with van der Waals surface area (Å²) < 4.78 is 5.75. The standard InChI is InChI=1S/C17H26N2O/c1-2-17-13-15(8-11-20-17)18-14-6-5-7-16(12-14)19-9-3-4-10-19/h5-7,12,15,17-18H,2-4,8-11,13H2,1H3. The van der Waals surface area contributed by atoms with Crippen LogP contribution >= 0.6 is 0 Å². The molecular formula is C17H26N2O. The molecule has 20 heavy (non-hydrogen) atoms. The minimum absolute atomic E-state index is 0.433. The van der Waals surface area contributed by atoms with Gasteiger partial charge in [0, 0.05) is 37.1 Å². The number of nitrogens with one attached hydrogen (secondary N) is 1. The molecule has 0 bridgehead atoms. The molecule has 3 rings (SSSR count). The van der Waals surface area contributed by atoms with Gasteiger partial charge in [0.2, 0.25) is 0 Å². The molecule has 2 heterocycles. The Bertz CT molecular complexity index is 429. The second kappa shape index (κ2) is 6.49. The molecule has 0 saturated carbocycles. The summed E-state index contributed by atoms with van der Waals surface area (Å²) in [4.78, 5) is 2.49. The van der Waals surface area contributed by atoms with Gasteiger partial charge in [0.25, 0.3) is 0 Å². The van der Waals surface area contributed by atoms with Gasteiger partial charge in [-0.1, -0.05) is 13.0 Å². The first kappa shape index (κ1) is 13.7. The predicted molar refractivity (Wildman–Crippen MR) is 84.6 cm³/mol. The normalized spacial score (nSPS) is 26.8. The van der Waals surface area contributed by atoms with Crippen LogP contribution in [0.15, 0.2) is 24.3 Å². The highest BCUT2D eigenvalue weighted by molar-refractivity contribution is 5.58. The van der Waals surface area contributed by atoms with Gasteiger partial charge in [-0.15, -0.1) is 0 Å². The molecule has 0 aliphatic carbocycles. The molecule has 2 saturated heterocycles. The van der Waals surface area contributed by atoms with E-state index in [0.29, 0.717) is 12.1 Å². The average molecular weight is 274 g/mol. The molecule has 1 N–H and O–H groups in total. The summed E-state index contributed by atoms with van der Waals surface area (Å²) in [5.74, 6) is 0. The van der Waals surface area contributed by atoms with Crippen molar-refractivity contribution in [2.45, 2.75) is 51.2 Å². The van der Waals surface area contributed by atoms with E-state index in [0.717, 1.165) is 25.9 Å². The number of nitrogens with zero attached hydrogens (tertiary/aromatic N) is 1. The summed E-state index contributed by atoms with van der Waals surface area (Å²) in [5.41, 5.74) is 2.63. The van der Waals surface area contributed by atoms with Crippen LogP contribution in [0.4, 0.5) is 11.4 Å². The van der Waals surface area contributed by atoms with Crippen molar-refractivity contribution in [1.82, 2.24) is 0 Å². The maximum absolute atomic E-state index is 5.75. The molecule has 1 aromatic carbocycles. The Morgan fingerprint density at radius 1 is 1.30 bits per heavy atom. The van der Waals surface area contributed by atoms with Crippen LogP contribution in [-0.4, -0.2) is 31.8 Å². The van der Waals surface area contributed by atoms with Crippen LogP contribution in [0.1, 0.15) is 39.0 Å². The minimum atomic E-state index is 0.433. The first-order valence-corrected chi connectivity index (χ1v) is 8.08. The summed E-state index contributed by atoms with van der Waals surface area (Å²) in [6, 6.07) is 9.46. The van der Waals surface area contributed by atoms with Crippen LogP contribution in [0, 0.1) is 0 Å². The van der Waals surface area contributed by atoms with Gasteiger partial charge in [-0.05, 0) is 50.3 Å². The fourth-order valence-electron chi connectivity index (χ4n) is 3.30. The number of anilines is 2. The molecule has 1 aromatic rings. The summed E-state index contributed by atoms with van der Waals surface area (Å²) in [5, 5.41) is 3.70. The summed E-state index contributed by atoms with van der Waals surface area (Å²) in [7, 11) is 0. The van der Waals surface area contributed by atoms with E-state index in [1.165, 1.54) is 37.3 Å². The van der Waals surface area contributed by atoms with Gasteiger partial charge in [-0.3, -0.25) is 0 Å². The molecule has 2 aliphatic heterocycles. The van der Waals surface area contributed by atoms with E-state index in [-0.39, 0.29) is 0 Å². The first-order chi connectivity index (χ1) is 9.85. The van der Waals surface area contributed by atoms with Crippen LogP contribution in [-0.2, 0) is 4.74 Å². The minimum Gasteiger partial charge on any atom is -0.382 e. The lowest BCUT2D eigenvalue weighted by Gasteiger charge is -2.30. The monoisotopic (exact) mass is 274 g/mol. The highest BCUT2D eigenvalue weighted by Crippen LogP contribution is 2.25. The van der Waals surface area contributed by atoms with Gasteiger partial charge in [0.1, 0.15) is 0 Å². The van der Waals surface area contributed by atoms with Crippen LogP contribution in [0.3, 0.4) is 0 Å². The lowest BCUT2D eigenvalue weighted by atomic mass is 10.0. The van der Waals surface area contributed by atoms with Crippen molar-refractivity contribution in [3.8, 4) is 0 Å². The van der Waals surface area contributed by atoms with Crippen molar-refractivity contribution in [2.75, 3.05) is 29.9 Å². The molecule has 0 aromatic heterocycles. The highest BCUT2D eigenvalue weighted by Gasteiger charge is 2.21. The van der Waals surface area contributed by atoms with E-state index >= 15 is 0 Å². The first-order valence-electron chi connectivity index (χ1n) is 8.08. The summed E-state index contributed by atoms with van der Waals surface area (Å²) >= 11 is 0. The van der Waals surface area contributed by atoms with Crippen LogP contribution in [0.2, 0.25) is 0 Å². The topological polar surface area (TPSA) is 24.5 Å². The zero-order chi connectivity index (χ0) is 13.8. The molecule has 2 atom stereocenters. The smallest absolute Gasteiger partial charge is 0.0592 e. The molecular weight excluding hydrogens is 248 g/mol. The van der Waals surface area contributed by atoms with E-state index in [2.05, 4.69) is 41.4 Å². The van der Waals surface area contributed by atoms with Crippen molar-refractivity contribution in [3.05, 3.63) is 24.3 Å². The van der Waals surface area contributed by atoms with Crippen molar-refractivity contribution in [3.63, 3.8) is 0 Å². The number of ether oxygens (including phenoxy) is 1. The number of benzene rings is 1. The molecule has 2 aliphatic rings. The number of hydrogen-bond acceptors (Lipinski definition) is 3. The summed E-state index contributed by atoms with van der Waals surface area (Å²) in [6.07, 6.45) is 6.45. The fourth-order valence-corrected chi connectivity index (χ4v) is 3.30. The van der Waals surface area contributed by atoms with E-state index in [1.54, 1.807) is 0 Å². The van der Waals surface area contributed by atoms with E-state index in [9.17, 15) is 0 Å². The average Bonchev–Trinajstić information content (AvgIpc) is 3.02. The molecule has 0 spiro atoms. The van der Waals surface area contributed by atoms with Gasteiger partial charge in [-0.2, -0.15) is 0 Å². The van der Waals surface area contributed by atoms with Gasteiger partial charge in [0.15, 0.2) is 0 Å². The van der Waals surface area contributed by atoms with Crippen molar-refractivity contribution in [2.24, 2.45) is 0 Å². The van der Waals surface area contributed by atoms with Crippen molar-refractivity contribution >= 4 is 11.4 Å². The van der Waals surface area contributed by atoms with E-state index < -0.39 is 0 Å². The van der Waals surface area contributed by atoms with Crippen LogP contribution in [0.5, 0.6) is 0 Å². The third-order valence-electron chi connectivity index (χ3n) is 4.51. The Morgan fingerprint density at radius 2 is 2.15 bits per heavy atom. The Morgan fingerprint density at radius 3 is 2.95 bits per heavy atom. The molecule has 3 nitrogen and oxygen atoms in total. The van der Waals surface area contributed by atoms with E-state index in [4.69, 9.17) is 4.74 Å². The molecule has 110 valence electrons. The lowest BCUT2D eigenvalue weighted by Crippen LogP contribution is -2.33. The zero-order valence-electron chi connectivity index (χ0n) is 12.5. The summed E-state index contributed by atoms with van der Waals surface area (Å²) in [6.45, 7) is 5.51. The largest absolute Gasteiger partial charge is 0.382 e. The number of hydrogen-bond donors (Lipinski definition) is 1. The second-order valence-corrected chi connectivity index (χ2v) is 6.01. The maximum atomic E-state index is 5.75. The molecule has 2 unspecified atom stereocenters. The highest BCUT2D eigenvalue weighted by atomic mass is 16.5. The third kappa shape index (κ3) is 3.26. The quantitative estimate of drug-likeness (QED) is 0.907. The van der Waals surface area contributed by atoms with Crippen molar-refractivity contribution in [1.29, 1.82) is 0 Å². The second-order valence-electron chi connectivity index (χ2n) is 6.01. The Kier molecular flexibility index (Phi) is 4.46. The van der Waals surface area contributed by atoms with Crippen molar-refractivity contribution < 1.29 is 4.74 Å². The van der Waals surface area contributed by atoms with Gasteiger partial charge in [-0.25, -0.2) is 0 Å². The zero-order valence-corrected chi connectivity index (χ0v) is 12.5. The van der Waals surface area contributed by atoms with Crippen LogP contribution in [0.25, 0.3) is 0 Å². The fraction of sp³-hybridized carbons (Fsp3) is 0.647. The van der Waals surface area contributed by atoms with Gasteiger partial charge < -0.3 is 15.0 Å².